The fraction of sp³-hybridized carbons (Fsp3) is 0.722. The van der Waals surface area contributed by atoms with E-state index in [0.717, 1.165) is 0 Å². The van der Waals surface area contributed by atoms with Crippen LogP contribution in [0, 0.1) is 5.41 Å². The second kappa shape index (κ2) is 20.5. The van der Waals surface area contributed by atoms with E-state index < -0.39 is 22.4 Å². The Kier molecular flexibility index (Phi) is 21.9. The molecule has 0 fully saturated rings. The fourth-order valence-electron chi connectivity index (χ4n) is 1.94. The van der Waals surface area contributed by atoms with Gasteiger partial charge in [0.1, 0.15) is 6.61 Å². The number of rotatable bonds is 13. The predicted molar refractivity (Wildman–Crippen MR) is 123 cm³/mol. The summed E-state index contributed by atoms with van der Waals surface area (Å²) < 4.78 is 37.9. The van der Waals surface area contributed by atoms with Crippen molar-refractivity contribution in [1.29, 1.82) is 5.41 Å². The van der Waals surface area contributed by atoms with Crippen LogP contribution in [-0.4, -0.2) is 86.7 Å². The number of carbonyl (C=O) groups excluding carboxylic acids is 2. The molecule has 0 aromatic rings. The van der Waals surface area contributed by atoms with Crippen molar-refractivity contribution in [3.63, 3.8) is 0 Å². The van der Waals surface area contributed by atoms with Gasteiger partial charge in [-0.3, -0.25) is 9.96 Å². The Hall–Kier alpha value is -2.42. The Morgan fingerprint density at radius 1 is 1.00 bits per heavy atom. The molecule has 0 bridgehead atoms. The third-order valence-corrected chi connectivity index (χ3v) is 4.12. The molecule has 2 amide bonds. The van der Waals surface area contributed by atoms with Crippen LogP contribution in [0.15, 0.2) is 12.2 Å². The first-order valence-corrected chi connectivity index (χ1v) is 11.4. The molecule has 0 heterocycles. The van der Waals surface area contributed by atoms with E-state index in [9.17, 15) is 18.0 Å². The molecule has 0 atom stereocenters. The van der Waals surface area contributed by atoms with Crippen LogP contribution in [0.25, 0.3) is 0 Å². The second-order valence-corrected chi connectivity index (χ2v) is 7.36. The summed E-state index contributed by atoms with van der Waals surface area (Å²) in [6.45, 7) is 15.2. The number of nitrogens with one attached hydrogen (secondary N) is 1. The quantitative estimate of drug-likeness (QED) is 0.0600. The maximum atomic E-state index is 11.2. The van der Waals surface area contributed by atoms with Gasteiger partial charge in [0.2, 0.25) is 0 Å². The molecule has 0 rings (SSSR count). The van der Waals surface area contributed by atoms with Crippen molar-refractivity contribution in [2.75, 3.05) is 45.9 Å². The lowest BCUT2D eigenvalue weighted by Gasteiger charge is -2.20. The van der Waals surface area contributed by atoms with E-state index in [4.69, 9.17) is 20.4 Å². The molecule has 32 heavy (non-hydrogen) atoms. The smallest absolute Gasteiger partial charge is 0.397 e. The van der Waals surface area contributed by atoms with E-state index in [0.29, 0.717) is 12.8 Å². The minimum atomic E-state index is -4.44. The minimum absolute atomic E-state index is 0.0177. The number of primary amides is 1. The highest BCUT2D eigenvalue weighted by atomic mass is 32.3. The maximum absolute atomic E-state index is 11.2. The average molecular weight is 485 g/mol. The zero-order valence-electron chi connectivity index (χ0n) is 19.5. The summed E-state index contributed by atoms with van der Waals surface area (Å²) in [5, 5.41) is 6.06. The van der Waals surface area contributed by atoms with Crippen LogP contribution in [0.1, 0.15) is 40.5 Å². The van der Waals surface area contributed by atoms with E-state index in [1.165, 1.54) is 31.5 Å². The van der Waals surface area contributed by atoms with Gasteiger partial charge in [-0.1, -0.05) is 27.4 Å². The summed E-state index contributed by atoms with van der Waals surface area (Å²) in [5.41, 5.74) is 14.4. The monoisotopic (exact) mass is 484 g/mol. The molecule has 0 aliphatic rings. The fourth-order valence-corrected chi connectivity index (χ4v) is 2.27. The molecule has 0 saturated heterocycles. The highest BCUT2D eigenvalue weighted by Crippen LogP contribution is 1.99. The molecule has 0 aromatic carbocycles. The first-order valence-electron chi connectivity index (χ1n) is 10.0. The molecule has 0 aromatic heterocycles. The molecule has 0 saturated carbocycles. The van der Waals surface area contributed by atoms with Crippen LogP contribution in [0.4, 0.5) is 4.79 Å². The number of hydrogen-bond donors (Lipinski definition) is 5. The summed E-state index contributed by atoms with van der Waals surface area (Å²) >= 11 is 0. The Balaban J connectivity index is -0.000000628. The summed E-state index contributed by atoms with van der Waals surface area (Å²) in [4.78, 5) is 25.9. The van der Waals surface area contributed by atoms with E-state index in [1.807, 2.05) is 0 Å². The van der Waals surface area contributed by atoms with Gasteiger partial charge < -0.3 is 31.7 Å². The van der Waals surface area contributed by atoms with Crippen LogP contribution in [0.3, 0.4) is 0 Å². The molecule has 8 N–H and O–H groups in total. The van der Waals surface area contributed by atoms with Crippen LogP contribution < -0.4 is 17.2 Å². The van der Waals surface area contributed by atoms with Crippen molar-refractivity contribution >= 4 is 28.4 Å². The molecule has 0 radical (unpaired) electrons. The Morgan fingerprint density at radius 3 is 1.78 bits per heavy atom. The number of nitrogens with two attached hydrogens (primary N) is 3. The molecule has 14 heteroatoms. The number of hydrogen-bond acceptors (Lipinski definition) is 8. The van der Waals surface area contributed by atoms with Gasteiger partial charge in [-0.25, -0.2) is 13.8 Å². The summed E-state index contributed by atoms with van der Waals surface area (Å²) in [7, 11) is -4.44. The van der Waals surface area contributed by atoms with Crippen molar-refractivity contribution < 1.29 is 31.5 Å². The first kappa shape index (κ1) is 34.2. The van der Waals surface area contributed by atoms with Gasteiger partial charge in [0.25, 0.3) is 0 Å². The minimum Gasteiger partial charge on any atom is -0.460 e. The van der Waals surface area contributed by atoms with E-state index in [2.05, 4.69) is 47.9 Å². The summed E-state index contributed by atoms with van der Waals surface area (Å²) in [6.07, 6.45) is 0.710. The number of ether oxygens (including phenoxy) is 1. The van der Waals surface area contributed by atoms with Crippen LogP contribution in [0.5, 0.6) is 0 Å². The van der Waals surface area contributed by atoms with Crippen LogP contribution in [-0.2, 0) is 24.1 Å². The maximum Gasteiger partial charge on any atom is 0.397 e. The largest absolute Gasteiger partial charge is 0.460 e. The van der Waals surface area contributed by atoms with Crippen molar-refractivity contribution in [3.05, 3.63) is 12.2 Å². The highest BCUT2D eigenvalue weighted by molar-refractivity contribution is 7.80. The number of nitrogens with zero attached hydrogens (tertiary/aromatic N) is 2. The molecular formula is C18H40N6O7S. The van der Waals surface area contributed by atoms with E-state index in [-0.39, 0.29) is 37.8 Å². The molecule has 13 nitrogen and oxygen atoms in total. The molecule has 0 unspecified atom stereocenters. The van der Waals surface area contributed by atoms with Crippen molar-refractivity contribution in [2.45, 2.75) is 40.5 Å². The lowest BCUT2D eigenvalue weighted by Crippen LogP contribution is -2.39. The number of unbranched alkanes of at least 4 members (excludes halogenated alkanes) is 1. The van der Waals surface area contributed by atoms with Gasteiger partial charge in [-0.05, 0) is 39.4 Å². The second-order valence-electron chi connectivity index (χ2n) is 6.27. The van der Waals surface area contributed by atoms with Gasteiger partial charge >= 0.3 is 22.4 Å². The van der Waals surface area contributed by atoms with Gasteiger partial charge in [0.15, 0.2) is 5.96 Å². The molecular weight excluding hydrogens is 444 g/mol. The van der Waals surface area contributed by atoms with Gasteiger partial charge in [0.05, 0.1) is 13.2 Å². The number of amides is 2. The molecule has 0 aliphatic heterocycles. The lowest BCUT2D eigenvalue weighted by atomic mass is 10.3. The van der Waals surface area contributed by atoms with E-state index in [1.54, 1.807) is 0 Å². The van der Waals surface area contributed by atoms with Gasteiger partial charge in [0, 0.05) is 12.1 Å². The standard InChI is InChI=1S/C11H20N2O7S.C6H15N.CH5N3/c1-9(2)10(14)19-8-6-13(11(12)15)5-3-4-7-20-21(16,17)18;1-4-7(5-2)6-3;2-1(3)4/h1,3-8H2,2H3,(H2,12,15)(H,16,17,18);4-6H2,1-3H3;(H5,2,3,4). The highest BCUT2D eigenvalue weighted by Gasteiger charge is 2.11. The number of guanidine groups is 1. The lowest BCUT2D eigenvalue weighted by molar-refractivity contribution is -0.139. The van der Waals surface area contributed by atoms with Gasteiger partial charge in [-0.15, -0.1) is 0 Å². The van der Waals surface area contributed by atoms with Gasteiger partial charge in [-0.2, -0.15) is 8.42 Å². The van der Waals surface area contributed by atoms with Crippen molar-refractivity contribution in [3.8, 4) is 0 Å². The number of urea groups is 1. The zero-order chi connectivity index (χ0) is 25.7. The predicted octanol–water partition coefficient (Wildman–Crippen LogP) is 0.273. The van der Waals surface area contributed by atoms with Crippen LogP contribution in [0.2, 0.25) is 0 Å². The van der Waals surface area contributed by atoms with Crippen molar-refractivity contribution in [1.82, 2.24) is 9.80 Å². The third kappa shape index (κ3) is 27.6. The normalized spacial score (nSPS) is 10.2. The first-order chi connectivity index (χ1) is 14.7. The number of carbonyl (C=O) groups is 2. The average Bonchev–Trinajstić information content (AvgIpc) is 2.66. The van der Waals surface area contributed by atoms with E-state index >= 15 is 0 Å². The SMILES string of the molecule is C=C(C)C(=O)OCCN(CCCCOS(=O)(=O)O)C(N)=O.CCN(CC)CC.N=C(N)N. The van der Waals surface area contributed by atoms with Crippen molar-refractivity contribution in [2.24, 2.45) is 17.2 Å². The Morgan fingerprint density at radius 2 is 1.47 bits per heavy atom. The number of esters is 1. The molecule has 190 valence electrons. The van der Waals surface area contributed by atoms with Crippen LogP contribution >= 0.6 is 0 Å². The Bertz CT molecular complexity index is 645. The molecule has 0 spiro atoms. The molecule has 0 aliphatic carbocycles. The summed E-state index contributed by atoms with van der Waals surface area (Å²) in [6, 6.07) is -0.683. The summed E-state index contributed by atoms with van der Waals surface area (Å²) in [5.74, 6) is -0.888. The third-order valence-electron chi connectivity index (χ3n) is 3.65. The topological polar surface area (TPSA) is 215 Å². The Labute approximate surface area is 191 Å². The zero-order valence-corrected chi connectivity index (χ0v) is 20.3.